The molecule has 0 saturated heterocycles. The average molecular weight is 1420 g/mol. The molecule has 0 aliphatic heterocycles. The van der Waals surface area contributed by atoms with Crippen LogP contribution >= 0.6 is 15.6 Å². The van der Waals surface area contributed by atoms with Crippen LogP contribution in [0.5, 0.6) is 0 Å². The molecular formula is C78H152O17P2. The molecule has 19 heteroatoms. The number of esters is 4. The van der Waals surface area contributed by atoms with Crippen LogP contribution in [0.25, 0.3) is 0 Å². The Labute approximate surface area is 594 Å². The molecule has 3 N–H and O–H groups in total. The van der Waals surface area contributed by atoms with Crippen LogP contribution in [0.15, 0.2) is 0 Å². The molecule has 5 atom stereocenters. The SMILES string of the molecule is CCCCCCCCCCCCCCCCCCCCCCCCC(=O)O[C@H](COC(=O)CCCCCCCCCCCCCCCCCCC)COP(=O)(O)OC[C@@H](O)COP(=O)(O)OC[C@@H](COC(=O)CCCCCCCCC)OC(=O)CCCCCCCCCCCCC. The fourth-order valence-corrected chi connectivity index (χ4v) is 13.7. The van der Waals surface area contributed by atoms with Crippen LogP contribution in [-0.2, 0) is 65.4 Å². The molecular weight excluding hydrogens is 1270 g/mol. The van der Waals surface area contributed by atoms with E-state index >= 15 is 0 Å². The van der Waals surface area contributed by atoms with E-state index in [1.165, 1.54) is 238 Å². The quantitative estimate of drug-likeness (QED) is 0.0222. The second kappa shape index (κ2) is 72.4. The number of hydrogen-bond donors (Lipinski definition) is 3. The number of rotatable bonds is 79. The van der Waals surface area contributed by atoms with Gasteiger partial charge in [-0.3, -0.25) is 37.3 Å². The molecule has 97 heavy (non-hydrogen) atoms. The van der Waals surface area contributed by atoms with Gasteiger partial charge in [0.1, 0.15) is 19.3 Å². The highest BCUT2D eigenvalue weighted by molar-refractivity contribution is 7.47. The van der Waals surface area contributed by atoms with Crippen LogP contribution in [0, 0.1) is 0 Å². The Kier molecular flexibility index (Phi) is 71.0. The second-order valence-electron chi connectivity index (χ2n) is 28.1. The molecule has 0 heterocycles. The Morgan fingerprint density at radius 2 is 0.412 bits per heavy atom. The maximum Gasteiger partial charge on any atom is 0.472 e. The molecule has 0 aliphatic rings. The molecule has 0 aliphatic carbocycles. The topological polar surface area (TPSA) is 237 Å². The summed E-state index contributed by atoms with van der Waals surface area (Å²) in [7, 11) is -9.90. The first-order valence-corrected chi connectivity index (χ1v) is 43.8. The minimum atomic E-state index is -4.96. The van der Waals surface area contributed by atoms with Gasteiger partial charge in [-0.1, -0.05) is 368 Å². The van der Waals surface area contributed by atoms with Crippen LogP contribution in [-0.4, -0.2) is 96.7 Å². The van der Waals surface area contributed by atoms with E-state index in [0.717, 1.165) is 103 Å². The molecule has 0 spiro atoms. The van der Waals surface area contributed by atoms with Crippen LogP contribution < -0.4 is 0 Å². The summed E-state index contributed by atoms with van der Waals surface area (Å²) in [5.41, 5.74) is 0. The van der Waals surface area contributed by atoms with Crippen LogP contribution in [0.4, 0.5) is 0 Å². The summed E-state index contributed by atoms with van der Waals surface area (Å²) in [5, 5.41) is 10.6. The zero-order valence-electron chi connectivity index (χ0n) is 63.1. The maximum absolute atomic E-state index is 13.1. The summed E-state index contributed by atoms with van der Waals surface area (Å²) in [5.74, 6) is -2.12. The summed E-state index contributed by atoms with van der Waals surface area (Å²) >= 11 is 0. The van der Waals surface area contributed by atoms with Gasteiger partial charge in [-0.05, 0) is 25.7 Å². The van der Waals surface area contributed by atoms with Crippen molar-refractivity contribution in [3.8, 4) is 0 Å². The molecule has 0 bridgehead atoms. The van der Waals surface area contributed by atoms with Crippen molar-refractivity contribution in [3.05, 3.63) is 0 Å². The lowest BCUT2D eigenvalue weighted by Gasteiger charge is -2.21. The van der Waals surface area contributed by atoms with Crippen molar-refractivity contribution in [2.45, 2.75) is 438 Å². The summed E-state index contributed by atoms with van der Waals surface area (Å²) in [4.78, 5) is 72.7. The zero-order valence-corrected chi connectivity index (χ0v) is 64.8. The van der Waals surface area contributed by atoms with E-state index in [-0.39, 0.29) is 25.7 Å². The Balaban J connectivity index is 5.14. The van der Waals surface area contributed by atoms with Gasteiger partial charge in [-0.25, -0.2) is 9.13 Å². The molecule has 0 amide bonds. The molecule has 0 fully saturated rings. The number of aliphatic hydroxyl groups excluding tert-OH is 1. The molecule has 0 radical (unpaired) electrons. The third-order valence-corrected chi connectivity index (χ3v) is 20.3. The summed E-state index contributed by atoms with van der Waals surface area (Å²) in [6.45, 7) is 4.95. The molecule has 0 aromatic heterocycles. The first-order chi connectivity index (χ1) is 47.2. The standard InChI is InChI=1S/C78H152O17P2/c1-5-9-13-17-21-24-27-29-31-33-34-35-36-37-39-41-43-46-49-53-57-61-65-78(83)95-74(69-89-76(81)63-59-55-51-47-45-42-40-38-32-30-28-25-22-18-14-10-6-2)71-93-97(86,87)91-67-72(79)66-90-96(84,85)92-70-73(68-88-75(80)62-58-54-50-20-16-12-8-4)94-77(82)64-60-56-52-48-44-26-23-19-15-11-7-3/h72-74,79H,5-71H2,1-4H3,(H,84,85)(H,86,87)/t72-,73+,74+/m0/s1. The number of carbonyl (C=O) groups is 4. The van der Waals surface area contributed by atoms with Gasteiger partial charge in [0.2, 0.25) is 0 Å². The predicted octanol–water partition coefficient (Wildman–Crippen LogP) is 23.4. The first-order valence-electron chi connectivity index (χ1n) is 40.8. The number of unbranched alkanes of at least 4 members (excludes halogenated alkanes) is 53. The number of phosphoric ester groups is 2. The largest absolute Gasteiger partial charge is 0.472 e. The first kappa shape index (κ1) is 95.1. The summed E-state index contributed by atoms with van der Waals surface area (Å²) in [6.07, 6.45) is 64.1. The lowest BCUT2D eigenvalue weighted by molar-refractivity contribution is -0.161. The lowest BCUT2D eigenvalue weighted by atomic mass is 10.0. The summed E-state index contributed by atoms with van der Waals surface area (Å²) in [6, 6.07) is 0. The van der Waals surface area contributed by atoms with Crippen molar-refractivity contribution in [2.24, 2.45) is 0 Å². The molecule has 17 nitrogen and oxygen atoms in total. The van der Waals surface area contributed by atoms with Gasteiger partial charge in [0.15, 0.2) is 12.2 Å². The zero-order chi connectivity index (χ0) is 71.1. The molecule has 0 rings (SSSR count). The Morgan fingerprint density at radius 1 is 0.247 bits per heavy atom. The molecule has 0 saturated carbocycles. The van der Waals surface area contributed by atoms with Crippen molar-refractivity contribution in [2.75, 3.05) is 39.6 Å². The van der Waals surface area contributed by atoms with Gasteiger partial charge in [0.25, 0.3) is 0 Å². The summed E-state index contributed by atoms with van der Waals surface area (Å²) < 4.78 is 68.4. The lowest BCUT2D eigenvalue weighted by Crippen LogP contribution is -2.30. The normalized spacial score (nSPS) is 13.8. The van der Waals surface area contributed by atoms with Crippen molar-refractivity contribution in [1.29, 1.82) is 0 Å². The second-order valence-corrected chi connectivity index (χ2v) is 31.0. The Morgan fingerprint density at radius 3 is 0.608 bits per heavy atom. The molecule has 0 aromatic carbocycles. The molecule has 2 unspecified atom stereocenters. The number of phosphoric acid groups is 2. The number of hydrogen-bond acceptors (Lipinski definition) is 15. The van der Waals surface area contributed by atoms with E-state index in [1.54, 1.807) is 0 Å². The van der Waals surface area contributed by atoms with Crippen molar-refractivity contribution in [3.63, 3.8) is 0 Å². The smallest absolute Gasteiger partial charge is 0.462 e. The van der Waals surface area contributed by atoms with Gasteiger partial charge in [0, 0.05) is 25.7 Å². The Bertz CT molecular complexity index is 1840. The molecule has 576 valence electrons. The highest BCUT2D eigenvalue weighted by Crippen LogP contribution is 2.45. The molecule has 0 aromatic rings. The highest BCUT2D eigenvalue weighted by atomic mass is 31.2. The van der Waals surface area contributed by atoms with Gasteiger partial charge in [-0.2, -0.15) is 0 Å². The predicted molar refractivity (Wildman–Crippen MR) is 395 cm³/mol. The maximum atomic E-state index is 13.1. The van der Waals surface area contributed by atoms with Gasteiger partial charge in [0.05, 0.1) is 26.4 Å². The highest BCUT2D eigenvalue weighted by Gasteiger charge is 2.30. The minimum Gasteiger partial charge on any atom is -0.462 e. The van der Waals surface area contributed by atoms with E-state index in [0.29, 0.717) is 25.7 Å². The van der Waals surface area contributed by atoms with E-state index in [1.807, 2.05) is 0 Å². The number of carbonyl (C=O) groups excluding carboxylic acids is 4. The van der Waals surface area contributed by atoms with Crippen LogP contribution in [0.1, 0.15) is 419 Å². The van der Waals surface area contributed by atoms with Crippen molar-refractivity contribution in [1.82, 2.24) is 0 Å². The van der Waals surface area contributed by atoms with Gasteiger partial charge < -0.3 is 33.8 Å². The third kappa shape index (κ3) is 72.2. The number of aliphatic hydroxyl groups is 1. The monoisotopic (exact) mass is 1420 g/mol. The fourth-order valence-electron chi connectivity index (χ4n) is 12.1. The minimum absolute atomic E-state index is 0.107. The number of ether oxygens (including phenoxy) is 4. The van der Waals surface area contributed by atoms with Crippen LogP contribution in [0.2, 0.25) is 0 Å². The van der Waals surface area contributed by atoms with E-state index in [4.69, 9.17) is 37.0 Å². The van der Waals surface area contributed by atoms with E-state index in [2.05, 4.69) is 27.7 Å². The van der Waals surface area contributed by atoms with Crippen LogP contribution in [0.3, 0.4) is 0 Å². The van der Waals surface area contributed by atoms with E-state index < -0.39 is 97.5 Å². The average Bonchev–Trinajstić information content (AvgIpc) is 1.04. The van der Waals surface area contributed by atoms with E-state index in [9.17, 15) is 43.2 Å². The van der Waals surface area contributed by atoms with Crippen molar-refractivity contribution < 1.29 is 80.2 Å². The van der Waals surface area contributed by atoms with Gasteiger partial charge in [-0.15, -0.1) is 0 Å². The van der Waals surface area contributed by atoms with Gasteiger partial charge >= 0.3 is 39.5 Å². The van der Waals surface area contributed by atoms with Crippen molar-refractivity contribution >= 4 is 39.5 Å². The third-order valence-electron chi connectivity index (χ3n) is 18.4. The Hall–Kier alpha value is -1.94. The fraction of sp³-hybridized carbons (Fsp3) is 0.949.